The van der Waals surface area contributed by atoms with Crippen molar-refractivity contribution in [1.29, 1.82) is 0 Å². The lowest BCUT2D eigenvalue weighted by atomic mass is 9.90. The van der Waals surface area contributed by atoms with Crippen molar-refractivity contribution in [1.82, 2.24) is 5.43 Å². The van der Waals surface area contributed by atoms with Crippen LogP contribution in [0.5, 0.6) is 0 Å². The summed E-state index contributed by atoms with van der Waals surface area (Å²) in [5.41, 5.74) is 3.11. The number of amides is 1. The maximum absolute atomic E-state index is 12.4. The molecular weight excluding hydrogens is 382 g/mol. The van der Waals surface area contributed by atoms with E-state index in [-0.39, 0.29) is 28.0 Å². The van der Waals surface area contributed by atoms with Crippen LogP contribution in [0.4, 0.5) is 5.69 Å². The van der Waals surface area contributed by atoms with Crippen molar-refractivity contribution < 1.29 is 14.1 Å². The molecule has 4 rings (SSSR count). The molecule has 28 heavy (non-hydrogen) atoms. The minimum atomic E-state index is -0.539. The Morgan fingerprint density at radius 2 is 2.21 bits per heavy atom. The van der Waals surface area contributed by atoms with E-state index in [1.54, 1.807) is 18.2 Å². The molecule has 7 nitrogen and oxygen atoms in total. The van der Waals surface area contributed by atoms with Crippen molar-refractivity contribution in [2.75, 3.05) is 0 Å². The van der Waals surface area contributed by atoms with Gasteiger partial charge in [0.2, 0.25) is 5.91 Å². The maximum Gasteiger partial charge on any atom is 0.288 e. The Hall–Kier alpha value is -2.67. The number of furan rings is 1. The van der Waals surface area contributed by atoms with Crippen LogP contribution in [0.1, 0.15) is 38.4 Å². The lowest BCUT2D eigenvalue weighted by molar-refractivity contribution is -0.384. The molecule has 0 bridgehead atoms. The average Bonchev–Trinajstić information content (AvgIpc) is 3.02. The summed E-state index contributed by atoms with van der Waals surface area (Å²) in [6, 6.07) is 7.84. The molecular formula is C20H20ClN3O4. The van der Waals surface area contributed by atoms with E-state index in [9.17, 15) is 14.9 Å². The fraction of sp³-hybridized carbons (Fsp3) is 0.400. The first-order chi connectivity index (χ1) is 13.4. The molecule has 1 aromatic carbocycles. The minimum absolute atomic E-state index is 0.0363. The zero-order chi connectivity index (χ0) is 19.9. The number of carbonyl (C=O) groups is 1. The van der Waals surface area contributed by atoms with Gasteiger partial charge < -0.3 is 4.42 Å². The number of hydrazone groups is 1. The standard InChI is InChI=1S/C20H20ClN3O4/c1-20-9-3-2-4-14(20)18(20)19(25)23-22-11-13-6-8-17(28-13)12-5-7-15(21)16(10-12)24(26)27/h5-8,10-11,14,18H,2-4,9H2,1H3,(H,23,25)/b22-11-/t14-,18+,20+/m1/s1. The Bertz CT molecular complexity index is 970. The molecule has 0 radical (unpaired) electrons. The van der Waals surface area contributed by atoms with Crippen molar-refractivity contribution in [2.45, 2.75) is 32.6 Å². The molecule has 8 heteroatoms. The molecule has 2 fully saturated rings. The average molecular weight is 402 g/mol. The molecule has 2 aliphatic carbocycles. The summed E-state index contributed by atoms with van der Waals surface area (Å²) in [6.07, 6.45) is 6.05. The molecule has 1 aromatic heterocycles. The van der Waals surface area contributed by atoms with Crippen LogP contribution in [-0.2, 0) is 4.79 Å². The third kappa shape index (κ3) is 3.30. The quantitative estimate of drug-likeness (QED) is 0.442. The van der Waals surface area contributed by atoms with Crippen molar-refractivity contribution in [3.05, 3.63) is 51.2 Å². The summed E-state index contributed by atoms with van der Waals surface area (Å²) >= 11 is 5.83. The van der Waals surface area contributed by atoms with E-state index in [0.717, 1.165) is 12.8 Å². The van der Waals surface area contributed by atoms with Gasteiger partial charge in [-0.2, -0.15) is 5.10 Å². The molecule has 2 aromatic rings. The zero-order valence-electron chi connectivity index (χ0n) is 15.4. The smallest absolute Gasteiger partial charge is 0.288 e. The molecule has 0 aliphatic heterocycles. The highest BCUT2D eigenvalue weighted by atomic mass is 35.5. The molecule has 2 aliphatic rings. The summed E-state index contributed by atoms with van der Waals surface area (Å²) in [7, 11) is 0. The van der Waals surface area contributed by atoms with E-state index in [0.29, 0.717) is 23.0 Å². The molecule has 0 spiro atoms. The second-order valence-electron chi connectivity index (χ2n) is 7.70. The SMILES string of the molecule is C[C@]12CCCC[C@@H]1[C@H]2C(=O)N/N=C\c1ccc(-c2ccc(Cl)c([N+](=O)[O-])c2)o1. The highest BCUT2D eigenvalue weighted by Crippen LogP contribution is 2.66. The summed E-state index contributed by atoms with van der Waals surface area (Å²) in [5, 5.41) is 15.1. The summed E-state index contributed by atoms with van der Waals surface area (Å²) in [4.78, 5) is 22.9. The number of nitro benzene ring substituents is 1. The number of nitro groups is 1. The first kappa shape index (κ1) is 18.7. The van der Waals surface area contributed by atoms with Crippen molar-refractivity contribution >= 4 is 29.4 Å². The molecule has 3 atom stereocenters. The van der Waals surface area contributed by atoms with Gasteiger partial charge in [0.1, 0.15) is 16.5 Å². The maximum atomic E-state index is 12.4. The molecule has 1 amide bonds. The highest BCUT2D eigenvalue weighted by Gasteiger charge is 2.64. The first-order valence-electron chi connectivity index (χ1n) is 9.27. The van der Waals surface area contributed by atoms with Gasteiger partial charge in [0, 0.05) is 17.5 Å². The number of hydrogen-bond acceptors (Lipinski definition) is 5. The Labute approximate surface area is 166 Å². The third-order valence-corrected chi connectivity index (χ3v) is 6.35. The Kier molecular flexibility index (Phi) is 4.71. The number of hydrogen-bond donors (Lipinski definition) is 1. The van der Waals surface area contributed by atoms with Gasteiger partial charge in [-0.1, -0.05) is 31.4 Å². The summed E-state index contributed by atoms with van der Waals surface area (Å²) in [6.45, 7) is 2.19. The van der Waals surface area contributed by atoms with Crippen LogP contribution in [0.3, 0.4) is 0 Å². The molecule has 146 valence electrons. The second-order valence-corrected chi connectivity index (χ2v) is 8.10. The van der Waals surface area contributed by atoms with Crippen molar-refractivity contribution in [3.63, 3.8) is 0 Å². The Balaban J connectivity index is 1.41. The fourth-order valence-corrected chi connectivity index (χ4v) is 4.65. The van der Waals surface area contributed by atoms with Gasteiger partial charge >= 0.3 is 0 Å². The molecule has 2 saturated carbocycles. The van der Waals surface area contributed by atoms with Crippen molar-refractivity contribution in [2.24, 2.45) is 22.4 Å². The van der Waals surface area contributed by atoms with Crippen LogP contribution < -0.4 is 5.43 Å². The zero-order valence-corrected chi connectivity index (χ0v) is 16.1. The number of rotatable bonds is 5. The number of nitrogens with one attached hydrogen (secondary N) is 1. The number of benzene rings is 1. The van der Waals surface area contributed by atoms with Gasteiger partial charge in [0.05, 0.1) is 11.1 Å². The van der Waals surface area contributed by atoms with E-state index in [4.69, 9.17) is 16.0 Å². The van der Waals surface area contributed by atoms with Gasteiger partial charge in [-0.25, -0.2) is 5.43 Å². The minimum Gasteiger partial charge on any atom is -0.455 e. The molecule has 1 heterocycles. The van der Waals surface area contributed by atoms with E-state index in [1.165, 1.54) is 31.2 Å². The van der Waals surface area contributed by atoms with E-state index in [2.05, 4.69) is 17.5 Å². The van der Waals surface area contributed by atoms with E-state index >= 15 is 0 Å². The second kappa shape index (κ2) is 7.05. The number of carbonyl (C=O) groups excluding carboxylic acids is 1. The molecule has 1 N–H and O–H groups in total. The fourth-order valence-electron chi connectivity index (χ4n) is 4.46. The summed E-state index contributed by atoms with van der Waals surface area (Å²) < 4.78 is 5.65. The summed E-state index contributed by atoms with van der Waals surface area (Å²) in [5.74, 6) is 1.38. The number of halogens is 1. The lowest BCUT2D eigenvalue weighted by Gasteiger charge is -2.15. The monoisotopic (exact) mass is 401 g/mol. The van der Waals surface area contributed by atoms with Crippen LogP contribution in [-0.4, -0.2) is 17.0 Å². The lowest BCUT2D eigenvalue weighted by Crippen LogP contribution is -2.22. The topological polar surface area (TPSA) is 97.7 Å². The van der Waals surface area contributed by atoms with Crippen LogP contribution in [0.15, 0.2) is 39.9 Å². The van der Waals surface area contributed by atoms with E-state index < -0.39 is 4.92 Å². The third-order valence-electron chi connectivity index (χ3n) is 6.03. The van der Waals surface area contributed by atoms with Gasteiger partial charge in [-0.05, 0) is 48.4 Å². The number of fused-ring (bicyclic) bond motifs is 1. The first-order valence-corrected chi connectivity index (χ1v) is 9.65. The van der Waals surface area contributed by atoms with Gasteiger partial charge in [0.15, 0.2) is 0 Å². The largest absolute Gasteiger partial charge is 0.455 e. The predicted octanol–water partition coefficient (Wildman–Crippen LogP) is 4.78. The predicted molar refractivity (Wildman–Crippen MR) is 105 cm³/mol. The van der Waals surface area contributed by atoms with Gasteiger partial charge in [0.25, 0.3) is 5.69 Å². The van der Waals surface area contributed by atoms with Crippen LogP contribution in [0.25, 0.3) is 11.3 Å². The Morgan fingerprint density at radius 1 is 1.39 bits per heavy atom. The number of nitrogens with zero attached hydrogens (tertiary/aromatic N) is 2. The van der Waals surface area contributed by atoms with Crippen LogP contribution in [0, 0.1) is 27.4 Å². The van der Waals surface area contributed by atoms with Gasteiger partial charge in [-0.3, -0.25) is 14.9 Å². The van der Waals surface area contributed by atoms with Crippen molar-refractivity contribution in [3.8, 4) is 11.3 Å². The van der Waals surface area contributed by atoms with Crippen LogP contribution in [0.2, 0.25) is 5.02 Å². The molecule has 0 unspecified atom stereocenters. The van der Waals surface area contributed by atoms with Crippen LogP contribution >= 0.6 is 11.6 Å². The Morgan fingerprint density at radius 3 is 2.93 bits per heavy atom. The molecule has 0 saturated heterocycles. The van der Waals surface area contributed by atoms with E-state index in [1.807, 2.05) is 0 Å². The normalized spacial score (nSPS) is 26.1. The highest BCUT2D eigenvalue weighted by molar-refractivity contribution is 6.32. The van der Waals surface area contributed by atoms with Gasteiger partial charge in [-0.15, -0.1) is 0 Å².